The van der Waals surface area contributed by atoms with Crippen LogP contribution in [0.2, 0.25) is 0 Å². The summed E-state index contributed by atoms with van der Waals surface area (Å²) in [6, 6.07) is 17.1. The molecule has 0 fully saturated rings. The smallest absolute Gasteiger partial charge is 0 e. The molecular formula is C23H37FeP-6. The number of hydrogen-bond acceptors (Lipinski definition) is 0. The summed E-state index contributed by atoms with van der Waals surface area (Å²) in [5.41, 5.74) is 3.27. The van der Waals surface area contributed by atoms with E-state index < -0.39 is 0 Å². The molecule has 2 heteroatoms. The van der Waals surface area contributed by atoms with Gasteiger partial charge in [-0.15, -0.1) is 7.92 Å². The predicted molar refractivity (Wildman–Crippen MR) is 113 cm³/mol. The van der Waals surface area contributed by atoms with Gasteiger partial charge in [-0.1, -0.05) is 73.9 Å². The van der Waals surface area contributed by atoms with Gasteiger partial charge in [-0.25, -0.2) is 6.07 Å². The Morgan fingerprint density at radius 3 is 1.48 bits per heavy atom. The van der Waals surface area contributed by atoms with Crippen LogP contribution in [0.25, 0.3) is 0 Å². The molecule has 0 radical (unpaired) electrons. The second kappa shape index (κ2) is 9.55. The molecule has 0 aliphatic heterocycles. The van der Waals surface area contributed by atoms with Crippen LogP contribution >= 0.6 is 7.92 Å². The molecule has 25 heavy (non-hydrogen) atoms. The van der Waals surface area contributed by atoms with Gasteiger partial charge in [0, 0.05) is 17.1 Å². The van der Waals surface area contributed by atoms with Crippen molar-refractivity contribution in [1.29, 1.82) is 0 Å². The molecule has 0 nitrogen and oxygen atoms in total. The zero-order valence-corrected chi connectivity index (χ0v) is 19.6. The van der Waals surface area contributed by atoms with Crippen molar-refractivity contribution in [3.63, 3.8) is 0 Å². The summed E-state index contributed by atoms with van der Waals surface area (Å²) in [5.74, 6) is 0. The Bertz CT molecular complexity index is 540. The minimum Gasteiger partial charge on any atom is -0.748 e. The molecule has 0 spiro atoms. The molecule has 0 aromatic heterocycles. The molecule has 0 atom stereocenters. The summed E-state index contributed by atoms with van der Waals surface area (Å²) in [6.07, 6.45) is 1.25. The number of hydrogen-bond donors (Lipinski definition) is 0. The topological polar surface area (TPSA) is 0 Å². The van der Waals surface area contributed by atoms with E-state index in [-0.39, 0.29) is 30.4 Å². The van der Waals surface area contributed by atoms with Gasteiger partial charge >= 0.3 is 0 Å². The second-order valence-corrected chi connectivity index (χ2v) is 13.5. The largest absolute Gasteiger partial charge is 0.748 e. The van der Waals surface area contributed by atoms with E-state index in [1.54, 1.807) is 0 Å². The van der Waals surface area contributed by atoms with Gasteiger partial charge in [0.15, 0.2) is 0 Å². The molecule has 148 valence electrons. The van der Waals surface area contributed by atoms with E-state index in [1.807, 2.05) is 30.3 Å². The van der Waals surface area contributed by atoms with Crippen LogP contribution in [0.15, 0.2) is 48.5 Å². The van der Waals surface area contributed by atoms with Crippen LogP contribution in [0.4, 0.5) is 0 Å². The average Bonchev–Trinajstić information content (AvgIpc) is 3.07. The molecule has 0 unspecified atom stereocenters. The summed E-state index contributed by atoms with van der Waals surface area (Å²) in [6.45, 7) is 21.3. The standard InChI is InChI=1S/C18H32P.C5H5.Fe/c1-16(2,3)15-11-10-14(12-15)13-19(17(4,5)6)18(7,8)9;1-2-4-5-3-1;/h10-12H,13H2,1-9H3;1-5H;/q-1;-5;. The summed E-state index contributed by atoms with van der Waals surface area (Å²) in [5, 5.41) is 0.819. The van der Waals surface area contributed by atoms with Gasteiger partial charge in [-0.05, 0) is 10.3 Å². The van der Waals surface area contributed by atoms with Crippen LogP contribution in [-0.4, -0.2) is 10.3 Å². The maximum atomic E-state index is 2.42. The Kier molecular flexibility index (Phi) is 9.41. The first-order chi connectivity index (χ1) is 10.8. The molecule has 0 aliphatic rings. The van der Waals surface area contributed by atoms with Gasteiger partial charge in [-0.2, -0.15) is 23.3 Å². The van der Waals surface area contributed by atoms with Crippen molar-refractivity contribution in [2.24, 2.45) is 0 Å². The van der Waals surface area contributed by atoms with E-state index in [1.165, 1.54) is 17.3 Å². The third-order valence-corrected chi connectivity index (χ3v) is 8.12. The summed E-state index contributed by atoms with van der Waals surface area (Å²) < 4.78 is 0. The minimum atomic E-state index is -0.0416. The monoisotopic (exact) mass is 400 g/mol. The van der Waals surface area contributed by atoms with Crippen molar-refractivity contribution in [2.45, 2.75) is 84.2 Å². The van der Waals surface area contributed by atoms with Crippen LogP contribution in [0.5, 0.6) is 0 Å². The van der Waals surface area contributed by atoms with Gasteiger partial charge in [-0.3, -0.25) is 0 Å². The second-order valence-electron chi connectivity index (χ2n) is 9.65. The quantitative estimate of drug-likeness (QED) is 0.275. The maximum Gasteiger partial charge on any atom is 0 e. The Morgan fingerprint density at radius 2 is 1.20 bits per heavy atom. The fourth-order valence-corrected chi connectivity index (χ4v) is 6.56. The van der Waals surface area contributed by atoms with Crippen molar-refractivity contribution in [3.8, 4) is 0 Å². The summed E-state index contributed by atoms with van der Waals surface area (Å²) >= 11 is 0. The van der Waals surface area contributed by atoms with Gasteiger partial charge in [0.05, 0.1) is 0 Å². The first-order valence-electron chi connectivity index (χ1n) is 9.02. The molecule has 2 aromatic rings. The molecule has 2 rings (SSSR count). The van der Waals surface area contributed by atoms with E-state index >= 15 is 0 Å². The van der Waals surface area contributed by atoms with Crippen molar-refractivity contribution in [3.05, 3.63) is 59.7 Å². The van der Waals surface area contributed by atoms with Crippen molar-refractivity contribution >= 4 is 7.92 Å². The molecule has 0 amide bonds. The normalized spacial score (nSPS) is 12.4. The Labute approximate surface area is 168 Å². The van der Waals surface area contributed by atoms with Crippen LogP contribution in [0.1, 0.15) is 73.4 Å². The van der Waals surface area contributed by atoms with Crippen molar-refractivity contribution in [2.75, 3.05) is 0 Å². The Balaban J connectivity index is 0.000000820. The molecular weight excluding hydrogens is 363 g/mol. The third-order valence-electron chi connectivity index (χ3n) is 4.20. The van der Waals surface area contributed by atoms with Crippen LogP contribution < -0.4 is 0 Å². The van der Waals surface area contributed by atoms with E-state index in [2.05, 4.69) is 80.5 Å². The maximum absolute atomic E-state index is 2.42. The van der Waals surface area contributed by atoms with Crippen LogP contribution in [-0.2, 0) is 28.6 Å². The molecule has 2 aromatic carbocycles. The Hall–Kier alpha value is -0.351. The fourth-order valence-electron chi connectivity index (χ4n) is 3.04. The van der Waals surface area contributed by atoms with E-state index in [4.69, 9.17) is 0 Å². The van der Waals surface area contributed by atoms with E-state index in [9.17, 15) is 0 Å². The van der Waals surface area contributed by atoms with Crippen LogP contribution in [0, 0.1) is 0 Å². The fraction of sp³-hybridized carbons (Fsp3) is 0.565. The SMILES string of the molecule is CC(C)(C)c1cc[c-](CP(C(C)(C)C)C(C)(C)C)c1.[Fe].[cH-]1[cH-][cH-][cH-][cH-]1. The first-order valence-corrected chi connectivity index (χ1v) is 10.5. The van der Waals surface area contributed by atoms with Crippen molar-refractivity contribution in [1.82, 2.24) is 0 Å². The summed E-state index contributed by atoms with van der Waals surface area (Å²) in [7, 11) is -0.0416. The van der Waals surface area contributed by atoms with E-state index in [0.29, 0.717) is 10.3 Å². The van der Waals surface area contributed by atoms with Gasteiger partial charge in [0.1, 0.15) is 0 Å². The molecule has 0 bridgehead atoms. The minimum absolute atomic E-state index is 0. The van der Waals surface area contributed by atoms with E-state index in [0.717, 1.165) is 0 Å². The molecule has 0 saturated heterocycles. The third kappa shape index (κ3) is 8.72. The Morgan fingerprint density at radius 1 is 0.800 bits per heavy atom. The average molecular weight is 400 g/mol. The van der Waals surface area contributed by atoms with Crippen molar-refractivity contribution < 1.29 is 17.1 Å². The molecule has 0 heterocycles. The predicted octanol–water partition coefficient (Wildman–Crippen LogP) is 7.68. The molecule has 0 N–H and O–H groups in total. The van der Waals surface area contributed by atoms with Gasteiger partial charge in [0.2, 0.25) is 0 Å². The zero-order chi connectivity index (χ0) is 18.6. The molecule has 0 aliphatic carbocycles. The molecule has 0 saturated carbocycles. The zero-order valence-electron chi connectivity index (χ0n) is 17.6. The van der Waals surface area contributed by atoms with Gasteiger partial charge in [0.25, 0.3) is 0 Å². The number of rotatable bonds is 2. The van der Waals surface area contributed by atoms with Crippen LogP contribution in [0.3, 0.4) is 0 Å². The van der Waals surface area contributed by atoms with Gasteiger partial charge < -0.3 is 30.3 Å². The first kappa shape index (κ1) is 24.6. The summed E-state index contributed by atoms with van der Waals surface area (Å²) in [4.78, 5) is 0.